The minimum absolute atomic E-state index is 0. The molecule has 2 aromatic carbocycles. The molecule has 0 bridgehead atoms. The van der Waals surface area contributed by atoms with E-state index in [0.717, 1.165) is 11.3 Å². The van der Waals surface area contributed by atoms with E-state index in [1.54, 1.807) is 25.3 Å². The Kier molecular flexibility index (Phi) is 8.06. The molecule has 0 saturated heterocycles. The number of hydrogen-bond acceptors (Lipinski definition) is 5. The lowest BCUT2D eigenvalue weighted by Crippen LogP contribution is -2.23. The van der Waals surface area contributed by atoms with E-state index in [1.807, 2.05) is 37.3 Å². The number of anilines is 1. The third-order valence-corrected chi connectivity index (χ3v) is 4.15. The number of halogens is 2. The highest BCUT2D eigenvalue weighted by Crippen LogP contribution is 2.27. The number of aromatic nitrogens is 2. The maximum atomic E-state index is 6.10. The molecule has 1 atom stereocenters. The lowest BCUT2D eigenvalue weighted by atomic mass is 10.2. The number of nitrogens with one attached hydrogen (secondary N) is 1. The van der Waals surface area contributed by atoms with Crippen LogP contribution in [0, 0.1) is 0 Å². The van der Waals surface area contributed by atoms with Crippen LogP contribution in [0.25, 0.3) is 11.4 Å². The van der Waals surface area contributed by atoms with Gasteiger partial charge in [0, 0.05) is 11.3 Å². The molecule has 9 heteroatoms. The van der Waals surface area contributed by atoms with Crippen molar-refractivity contribution in [2.75, 3.05) is 19.0 Å². The molecule has 0 aliphatic rings. The predicted octanol–water partition coefficient (Wildman–Crippen LogP) is 4.55. The molecule has 3 aromatic rings. The molecular weight excluding hydrogens is 493 g/mol. The van der Waals surface area contributed by atoms with E-state index < -0.39 is 0 Å². The number of guanidine groups is 1. The van der Waals surface area contributed by atoms with Gasteiger partial charge in [-0.15, -0.1) is 24.0 Å². The number of nitrogens with two attached hydrogens (primary N) is 1. The van der Waals surface area contributed by atoms with Gasteiger partial charge in [-0.3, -0.25) is 4.99 Å². The van der Waals surface area contributed by atoms with E-state index >= 15 is 0 Å². The lowest BCUT2D eigenvalue weighted by Gasteiger charge is -2.09. The van der Waals surface area contributed by atoms with E-state index in [4.69, 9.17) is 26.6 Å². The summed E-state index contributed by atoms with van der Waals surface area (Å²) in [5.41, 5.74) is 7.57. The van der Waals surface area contributed by atoms with E-state index in [9.17, 15) is 0 Å². The summed E-state index contributed by atoms with van der Waals surface area (Å²) in [6, 6.07) is 14.9. The topological polar surface area (TPSA) is 98.6 Å². The molecule has 0 aliphatic carbocycles. The van der Waals surface area contributed by atoms with E-state index in [1.165, 1.54) is 0 Å². The molecule has 0 saturated carbocycles. The second-order valence-corrected chi connectivity index (χ2v) is 6.33. The zero-order chi connectivity index (χ0) is 19.2. The molecule has 0 amide bonds. The highest BCUT2D eigenvalue weighted by Gasteiger charge is 2.15. The Morgan fingerprint density at radius 1 is 1.29 bits per heavy atom. The number of aliphatic imine (C=N–C) groups is 1. The molecule has 28 heavy (non-hydrogen) atoms. The van der Waals surface area contributed by atoms with Crippen LogP contribution < -0.4 is 15.8 Å². The summed E-state index contributed by atoms with van der Waals surface area (Å²) in [7, 11) is 1.56. The Morgan fingerprint density at radius 2 is 2.04 bits per heavy atom. The largest absolute Gasteiger partial charge is 0.495 e. The van der Waals surface area contributed by atoms with Crippen LogP contribution in [0.3, 0.4) is 0 Å². The fraction of sp³-hybridized carbons (Fsp3) is 0.211. The Hall–Kier alpha value is -2.33. The first-order valence-corrected chi connectivity index (χ1v) is 8.74. The van der Waals surface area contributed by atoms with Gasteiger partial charge in [-0.2, -0.15) is 4.98 Å². The van der Waals surface area contributed by atoms with Gasteiger partial charge in [0.15, 0.2) is 5.96 Å². The summed E-state index contributed by atoms with van der Waals surface area (Å²) in [5, 5.41) is 7.50. The minimum atomic E-state index is -0.0743. The van der Waals surface area contributed by atoms with Gasteiger partial charge in [-0.25, -0.2) is 0 Å². The van der Waals surface area contributed by atoms with Crippen LogP contribution in [0.2, 0.25) is 5.02 Å². The number of ether oxygens (including phenoxy) is 1. The van der Waals surface area contributed by atoms with Crippen molar-refractivity contribution in [1.29, 1.82) is 0 Å². The van der Waals surface area contributed by atoms with Crippen molar-refractivity contribution in [3.05, 3.63) is 59.4 Å². The standard InChI is InChI=1S/C19H20ClN5O2.HI/c1-12(18-24-17(25-27-18)13-6-4-3-5-7-13)11-22-19(21)23-14-8-9-16(26-2)15(20)10-14;/h3-10,12H,11H2,1-2H3,(H3,21,22,23);1H. The molecule has 1 heterocycles. The normalized spacial score (nSPS) is 12.2. The predicted molar refractivity (Wildman–Crippen MR) is 122 cm³/mol. The van der Waals surface area contributed by atoms with E-state index in [0.29, 0.717) is 29.0 Å². The number of benzene rings is 2. The maximum absolute atomic E-state index is 6.10. The highest BCUT2D eigenvalue weighted by molar-refractivity contribution is 14.0. The Balaban J connectivity index is 0.00000280. The first-order valence-electron chi connectivity index (χ1n) is 8.36. The van der Waals surface area contributed by atoms with Gasteiger partial charge in [0.2, 0.25) is 11.7 Å². The van der Waals surface area contributed by atoms with Crippen LogP contribution in [-0.2, 0) is 0 Å². The van der Waals surface area contributed by atoms with Gasteiger partial charge in [0.1, 0.15) is 5.75 Å². The number of methoxy groups -OCH3 is 1. The number of rotatable bonds is 6. The number of nitrogens with zero attached hydrogens (tertiary/aromatic N) is 3. The Bertz CT molecular complexity index is 933. The van der Waals surface area contributed by atoms with Crippen molar-refractivity contribution >= 4 is 47.2 Å². The third-order valence-electron chi connectivity index (χ3n) is 3.85. The average Bonchev–Trinajstić information content (AvgIpc) is 3.17. The Morgan fingerprint density at radius 3 is 2.71 bits per heavy atom. The molecule has 7 nitrogen and oxygen atoms in total. The van der Waals surface area contributed by atoms with Gasteiger partial charge in [0.25, 0.3) is 0 Å². The fourth-order valence-corrected chi connectivity index (χ4v) is 2.64. The van der Waals surface area contributed by atoms with Crippen molar-refractivity contribution in [2.45, 2.75) is 12.8 Å². The SMILES string of the molecule is COc1ccc(NC(N)=NCC(C)c2nc(-c3ccccc3)no2)cc1Cl.I. The molecule has 0 spiro atoms. The second kappa shape index (κ2) is 10.3. The van der Waals surface area contributed by atoms with Crippen molar-refractivity contribution in [1.82, 2.24) is 10.1 Å². The van der Waals surface area contributed by atoms with Crippen molar-refractivity contribution < 1.29 is 9.26 Å². The first-order chi connectivity index (χ1) is 13.1. The van der Waals surface area contributed by atoms with Crippen LogP contribution in [0.1, 0.15) is 18.7 Å². The average molecular weight is 514 g/mol. The van der Waals surface area contributed by atoms with Gasteiger partial charge in [-0.05, 0) is 18.2 Å². The van der Waals surface area contributed by atoms with E-state index in [-0.39, 0.29) is 35.9 Å². The minimum Gasteiger partial charge on any atom is -0.495 e. The Labute approximate surface area is 185 Å². The molecule has 0 aliphatic heterocycles. The zero-order valence-corrected chi connectivity index (χ0v) is 18.5. The number of hydrogen-bond donors (Lipinski definition) is 2. The van der Waals surface area contributed by atoms with E-state index in [2.05, 4.69) is 20.4 Å². The highest BCUT2D eigenvalue weighted by atomic mass is 127. The van der Waals surface area contributed by atoms with Crippen LogP contribution >= 0.6 is 35.6 Å². The maximum Gasteiger partial charge on any atom is 0.231 e. The molecular formula is C19H21ClIN5O2. The molecule has 0 radical (unpaired) electrons. The monoisotopic (exact) mass is 513 g/mol. The third kappa shape index (κ3) is 5.59. The summed E-state index contributed by atoms with van der Waals surface area (Å²) in [6.07, 6.45) is 0. The van der Waals surface area contributed by atoms with Crippen LogP contribution in [0.5, 0.6) is 5.75 Å². The van der Waals surface area contributed by atoms with Crippen LogP contribution in [-0.4, -0.2) is 29.8 Å². The molecule has 3 rings (SSSR count). The molecule has 3 N–H and O–H groups in total. The molecule has 148 valence electrons. The summed E-state index contributed by atoms with van der Waals surface area (Å²) in [6.45, 7) is 2.35. The quantitative estimate of drug-likeness (QED) is 0.285. The van der Waals surface area contributed by atoms with Crippen LogP contribution in [0.15, 0.2) is 58.0 Å². The molecule has 1 unspecified atom stereocenters. The first kappa shape index (κ1) is 22.0. The fourth-order valence-electron chi connectivity index (χ4n) is 2.38. The van der Waals surface area contributed by atoms with Gasteiger partial charge in [0.05, 0.1) is 24.6 Å². The van der Waals surface area contributed by atoms with Gasteiger partial charge < -0.3 is 20.3 Å². The zero-order valence-electron chi connectivity index (χ0n) is 15.4. The summed E-state index contributed by atoms with van der Waals surface area (Å²) in [5.74, 6) is 1.86. The van der Waals surface area contributed by atoms with Crippen molar-refractivity contribution in [3.8, 4) is 17.1 Å². The van der Waals surface area contributed by atoms with Crippen molar-refractivity contribution in [2.24, 2.45) is 10.7 Å². The van der Waals surface area contributed by atoms with Gasteiger partial charge in [-0.1, -0.05) is 54.0 Å². The molecule has 0 fully saturated rings. The second-order valence-electron chi connectivity index (χ2n) is 5.92. The lowest BCUT2D eigenvalue weighted by molar-refractivity contribution is 0.361. The van der Waals surface area contributed by atoms with Crippen LogP contribution in [0.4, 0.5) is 5.69 Å². The summed E-state index contributed by atoms with van der Waals surface area (Å²) < 4.78 is 10.5. The summed E-state index contributed by atoms with van der Waals surface area (Å²) in [4.78, 5) is 8.76. The smallest absolute Gasteiger partial charge is 0.231 e. The van der Waals surface area contributed by atoms with Gasteiger partial charge >= 0.3 is 0 Å². The molecule has 1 aromatic heterocycles. The van der Waals surface area contributed by atoms with Crippen molar-refractivity contribution in [3.63, 3.8) is 0 Å². The summed E-state index contributed by atoms with van der Waals surface area (Å²) >= 11 is 6.10.